The maximum atomic E-state index is 2.53. The highest BCUT2D eigenvalue weighted by Crippen LogP contribution is 2.67. The minimum Gasteiger partial charge on any atom is -0.0622 e. The standard InChI is InChI=1S/C15H24/c1-10-8-15(5-4-13(10)9-15)14-7-11-2-3-12(14)6-11/h10-14H,2-9H2,1H3. The number of fused-ring (bicyclic) bond motifs is 4. The lowest BCUT2D eigenvalue weighted by Gasteiger charge is -2.40. The summed E-state index contributed by atoms with van der Waals surface area (Å²) in [5.41, 5.74) is 0.865. The molecule has 6 atom stereocenters. The third-order valence-corrected chi connectivity index (χ3v) is 6.74. The van der Waals surface area contributed by atoms with Crippen molar-refractivity contribution in [2.24, 2.45) is 35.0 Å². The molecule has 4 saturated carbocycles. The molecule has 0 heteroatoms. The lowest BCUT2D eigenvalue weighted by atomic mass is 9.65. The first-order valence-corrected chi connectivity index (χ1v) is 7.27. The summed E-state index contributed by atoms with van der Waals surface area (Å²) >= 11 is 0. The van der Waals surface area contributed by atoms with Crippen LogP contribution in [0.1, 0.15) is 58.3 Å². The Morgan fingerprint density at radius 2 is 1.87 bits per heavy atom. The van der Waals surface area contributed by atoms with Crippen molar-refractivity contribution < 1.29 is 0 Å². The molecular weight excluding hydrogens is 180 g/mol. The molecule has 0 heterocycles. The largest absolute Gasteiger partial charge is 0.0622 e. The van der Waals surface area contributed by atoms with Crippen LogP contribution in [0, 0.1) is 35.0 Å². The van der Waals surface area contributed by atoms with Gasteiger partial charge in [0.25, 0.3) is 0 Å². The maximum Gasteiger partial charge on any atom is -0.0261 e. The molecule has 84 valence electrons. The molecule has 4 fully saturated rings. The Morgan fingerprint density at radius 3 is 2.40 bits per heavy atom. The molecule has 0 saturated heterocycles. The van der Waals surface area contributed by atoms with Gasteiger partial charge < -0.3 is 0 Å². The van der Waals surface area contributed by atoms with Crippen LogP contribution in [0.25, 0.3) is 0 Å². The summed E-state index contributed by atoms with van der Waals surface area (Å²) in [5.74, 6) is 5.69. The molecule has 0 aliphatic heterocycles. The Kier molecular flexibility index (Phi) is 1.70. The van der Waals surface area contributed by atoms with Crippen molar-refractivity contribution in [1.29, 1.82) is 0 Å². The molecule has 4 aliphatic carbocycles. The van der Waals surface area contributed by atoms with E-state index in [-0.39, 0.29) is 0 Å². The van der Waals surface area contributed by atoms with Gasteiger partial charge in [-0.15, -0.1) is 0 Å². The van der Waals surface area contributed by atoms with Crippen LogP contribution in [0.15, 0.2) is 0 Å². The van der Waals surface area contributed by atoms with Gasteiger partial charge in [-0.2, -0.15) is 0 Å². The minimum atomic E-state index is 0.865. The molecular formula is C15H24. The van der Waals surface area contributed by atoms with Gasteiger partial charge in [0, 0.05) is 0 Å². The van der Waals surface area contributed by atoms with Gasteiger partial charge in [-0.1, -0.05) is 13.3 Å². The van der Waals surface area contributed by atoms with E-state index in [1.54, 1.807) is 51.4 Å². The molecule has 15 heavy (non-hydrogen) atoms. The molecule has 6 unspecified atom stereocenters. The highest BCUT2D eigenvalue weighted by Gasteiger charge is 2.57. The van der Waals surface area contributed by atoms with Crippen molar-refractivity contribution in [3.8, 4) is 0 Å². The average Bonchev–Trinajstić information content (AvgIpc) is 2.95. The topological polar surface area (TPSA) is 0 Å². The van der Waals surface area contributed by atoms with Crippen LogP contribution in [0.5, 0.6) is 0 Å². The first-order chi connectivity index (χ1) is 7.27. The second-order valence-electron chi connectivity index (χ2n) is 7.33. The molecule has 4 bridgehead atoms. The van der Waals surface area contributed by atoms with Crippen molar-refractivity contribution in [3.63, 3.8) is 0 Å². The summed E-state index contributed by atoms with van der Waals surface area (Å²) in [6.07, 6.45) is 12.8. The van der Waals surface area contributed by atoms with Gasteiger partial charge in [-0.25, -0.2) is 0 Å². The van der Waals surface area contributed by atoms with Crippen molar-refractivity contribution in [2.45, 2.75) is 58.3 Å². The molecule has 0 N–H and O–H groups in total. The second kappa shape index (κ2) is 2.81. The molecule has 0 spiro atoms. The molecule has 0 aromatic rings. The zero-order valence-corrected chi connectivity index (χ0v) is 10.0. The molecule has 0 aromatic carbocycles. The highest BCUT2D eigenvalue weighted by molar-refractivity contribution is 5.07. The molecule has 0 amide bonds. The zero-order chi connectivity index (χ0) is 10.0. The van der Waals surface area contributed by atoms with Crippen molar-refractivity contribution in [2.75, 3.05) is 0 Å². The van der Waals surface area contributed by atoms with Crippen LogP contribution in [0.3, 0.4) is 0 Å². The number of rotatable bonds is 1. The summed E-state index contributed by atoms with van der Waals surface area (Å²) in [5, 5.41) is 0. The quantitative estimate of drug-likeness (QED) is 0.599. The van der Waals surface area contributed by atoms with Crippen LogP contribution < -0.4 is 0 Å². The van der Waals surface area contributed by atoms with Crippen molar-refractivity contribution in [1.82, 2.24) is 0 Å². The average molecular weight is 204 g/mol. The predicted octanol–water partition coefficient (Wildman–Crippen LogP) is 4.25. The van der Waals surface area contributed by atoms with E-state index in [0.717, 1.165) is 23.2 Å². The van der Waals surface area contributed by atoms with Gasteiger partial charge >= 0.3 is 0 Å². The third kappa shape index (κ3) is 1.09. The fourth-order valence-corrected chi connectivity index (χ4v) is 6.16. The van der Waals surface area contributed by atoms with Gasteiger partial charge in [0.05, 0.1) is 0 Å². The molecule has 0 nitrogen and oxygen atoms in total. The Labute approximate surface area is 93.8 Å². The second-order valence-corrected chi connectivity index (χ2v) is 7.33. The van der Waals surface area contributed by atoms with Gasteiger partial charge in [0.1, 0.15) is 0 Å². The lowest BCUT2D eigenvalue weighted by Crippen LogP contribution is -2.31. The molecule has 0 radical (unpaired) electrons. The maximum absolute atomic E-state index is 2.53. The van der Waals surface area contributed by atoms with E-state index in [0.29, 0.717) is 0 Å². The SMILES string of the molecule is CC1CC2(C3CC4CCC3C4)CCC1C2. The van der Waals surface area contributed by atoms with Crippen LogP contribution >= 0.6 is 0 Å². The zero-order valence-electron chi connectivity index (χ0n) is 10.0. The smallest absolute Gasteiger partial charge is 0.0261 e. The summed E-state index contributed by atoms with van der Waals surface area (Å²) < 4.78 is 0. The summed E-state index contributed by atoms with van der Waals surface area (Å²) in [6, 6.07) is 0. The first kappa shape index (κ1) is 9.07. The number of hydrogen-bond donors (Lipinski definition) is 0. The van der Waals surface area contributed by atoms with Gasteiger partial charge in [-0.05, 0) is 80.0 Å². The minimum absolute atomic E-state index is 0.865. The van der Waals surface area contributed by atoms with E-state index in [2.05, 4.69) is 6.92 Å². The Morgan fingerprint density at radius 1 is 0.933 bits per heavy atom. The normalized spacial score (nSPS) is 61.8. The van der Waals surface area contributed by atoms with E-state index in [4.69, 9.17) is 0 Å². The van der Waals surface area contributed by atoms with Crippen LogP contribution in [-0.2, 0) is 0 Å². The van der Waals surface area contributed by atoms with E-state index in [1.807, 2.05) is 0 Å². The highest BCUT2D eigenvalue weighted by atomic mass is 14.6. The van der Waals surface area contributed by atoms with Crippen LogP contribution in [0.2, 0.25) is 0 Å². The Hall–Kier alpha value is 0. The van der Waals surface area contributed by atoms with E-state index in [1.165, 1.54) is 11.8 Å². The molecule has 4 rings (SSSR count). The summed E-state index contributed by atoms with van der Waals surface area (Å²) in [7, 11) is 0. The van der Waals surface area contributed by atoms with Gasteiger partial charge in [0.15, 0.2) is 0 Å². The number of hydrogen-bond acceptors (Lipinski definition) is 0. The Balaban J connectivity index is 1.62. The van der Waals surface area contributed by atoms with Crippen molar-refractivity contribution >= 4 is 0 Å². The van der Waals surface area contributed by atoms with Crippen LogP contribution in [-0.4, -0.2) is 0 Å². The summed E-state index contributed by atoms with van der Waals surface area (Å²) in [6.45, 7) is 2.53. The van der Waals surface area contributed by atoms with E-state index >= 15 is 0 Å². The van der Waals surface area contributed by atoms with Crippen LogP contribution in [0.4, 0.5) is 0 Å². The lowest BCUT2D eigenvalue weighted by molar-refractivity contribution is 0.0996. The fraction of sp³-hybridized carbons (Fsp3) is 1.00. The van der Waals surface area contributed by atoms with E-state index < -0.39 is 0 Å². The molecule has 0 aromatic heterocycles. The predicted molar refractivity (Wildman–Crippen MR) is 62.5 cm³/mol. The third-order valence-electron chi connectivity index (χ3n) is 6.74. The van der Waals surface area contributed by atoms with Gasteiger partial charge in [-0.3, -0.25) is 0 Å². The molecule has 4 aliphatic rings. The summed E-state index contributed by atoms with van der Waals surface area (Å²) in [4.78, 5) is 0. The first-order valence-electron chi connectivity index (χ1n) is 7.27. The monoisotopic (exact) mass is 204 g/mol. The Bertz CT molecular complexity index is 278. The van der Waals surface area contributed by atoms with Crippen molar-refractivity contribution in [3.05, 3.63) is 0 Å². The van der Waals surface area contributed by atoms with Gasteiger partial charge in [0.2, 0.25) is 0 Å². The van der Waals surface area contributed by atoms with E-state index in [9.17, 15) is 0 Å². The fourth-order valence-electron chi connectivity index (χ4n) is 6.16.